The fourth-order valence-corrected chi connectivity index (χ4v) is 2.12. The van der Waals surface area contributed by atoms with Crippen molar-refractivity contribution in [3.8, 4) is 0 Å². The summed E-state index contributed by atoms with van der Waals surface area (Å²) in [6, 6.07) is 15.9. The highest BCUT2D eigenvalue weighted by atomic mass is 16.2. The van der Waals surface area contributed by atoms with Crippen LogP contribution in [0.3, 0.4) is 0 Å². The quantitative estimate of drug-likeness (QED) is 0.819. The zero-order valence-electron chi connectivity index (χ0n) is 11.7. The molecule has 19 heavy (non-hydrogen) atoms. The zero-order valence-corrected chi connectivity index (χ0v) is 11.7. The van der Waals surface area contributed by atoms with Crippen molar-refractivity contribution in [3.63, 3.8) is 0 Å². The molecule has 0 N–H and O–H groups in total. The van der Waals surface area contributed by atoms with Gasteiger partial charge in [0.15, 0.2) is 0 Å². The number of rotatable bonds is 3. The lowest BCUT2D eigenvalue weighted by molar-refractivity contribution is -0.117. The molecule has 0 fully saturated rings. The van der Waals surface area contributed by atoms with Crippen LogP contribution in [0.15, 0.2) is 48.5 Å². The van der Waals surface area contributed by atoms with Crippen LogP contribution in [-0.4, -0.2) is 13.0 Å². The van der Waals surface area contributed by atoms with Crippen molar-refractivity contribution in [2.75, 3.05) is 11.9 Å². The first-order chi connectivity index (χ1) is 9.08. The summed E-state index contributed by atoms with van der Waals surface area (Å²) in [7, 11) is 1.82. The maximum atomic E-state index is 12.3. The number of benzene rings is 2. The number of carbonyl (C=O) groups is 1. The predicted molar refractivity (Wildman–Crippen MR) is 79.5 cm³/mol. The highest BCUT2D eigenvalue weighted by molar-refractivity contribution is 5.94. The second-order valence-corrected chi connectivity index (χ2v) is 4.90. The Morgan fingerprint density at radius 3 is 2.37 bits per heavy atom. The van der Waals surface area contributed by atoms with Crippen LogP contribution < -0.4 is 4.90 Å². The van der Waals surface area contributed by atoms with Crippen LogP contribution >= 0.6 is 0 Å². The van der Waals surface area contributed by atoms with Crippen LogP contribution in [0.1, 0.15) is 16.7 Å². The van der Waals surface area contributed by atoms with Gasteiger partial charge >= 0.3 is 0 Å². The topological polar surface area (TPSA) is 20.3 Å². The molecule has 98 valence electrons. The molecule has 2 aromatic rings. The molecule has 0 unspecified atom stereocenters. The van der Waals surface area contributed by atoms with E-state index in [4.69, 9.17) is 0 Å². The molecule has 0 aromatic heterocycles. The molecule has 1 amide bonds. The minimum Gasteiger partial charge on any atom is -0.315 e. The standard InChI is InChI=1S/C17H19NO/c1-13-9-10-15(14(2)11-13)12-17(19)18(3)16-7-5-4-6-8-16/h4-11H,12H2,1-3H3. The second-order valence-electron chi connectivity index (χ2n) is 4.90. The Morgan fingerprint density at radius 2 is 1.74 bits per heavy atom. The van der Waals surface area contributed by atoms with Crippen LogP contribution in [-0.2, 0) is 11.2 Å². The monoisotopic (exact) mass is 253 g/mol. The van der Waals surface area contributed by atoms with E-state index in [1.54, 1.807) is 4.90 Å². The number of likely N-dealkylation sites (N-methyl/N-ethyl adjacent to an activating group) is 1. The highest BCUT2D eigenvalue weighted by Crippen LogP contribution is 2.15. The SMILES string of the molecule is Cc1ccc(CC(=O)N(C)c2ccccc2)c(C)c1. The maximum Gasteiger partial charge on any atom is 0.231 e. The number of anilines is 1. The lowest BCUT2D eigenvalue weighted by atomic mass is 10.0. The largest absolute Gasteiger partial charge is 0.315 e. The summed E-state index contributed by atoms with van der Waals surface area (Å²) in [5.74, 6) is 0.109. The lowest BCUT2D eigenvalue weighted by Crippen LogP contribution is -2.28. The molecule has 0 aliphatic carbocycles. The summed E-state index contributed by atoms with van der Waals surface area (Å²) in [6.07, 6.45) is 0.442. The second kappa shape index (κ2) is 5.70. The van der Waals surface area contributed by atoms with Gasteiger partial charge in [0, 0.05) is 12.7 Å². The van der Waals surface area contributed by atoms with Gasteiger partial charge in [0.1, 0.15) is 0 Å². The van der Waals surface area contributed by atoms with Crippen molar-refractivity contribution in [1.29, 1.82) is 0 Å². The summed E-state index contributed by atoms with van der Waals surface area (Å²) in [5.41, 5.74) is 4.43. The van der Waals surface area contributed by atoms with Crippen molar-refractivity contribution in [2.24, 2.45) is 0 Å². The fraction of sp³-hybridized carbons (Fsp3) is 0.235. The van der Waals surface area contributed by atoms with Crippen molar-refractivity contribution in [2.45, 2.75) is 20.3 Å². The van der Waals surface area contributed by atoms with E-state index in [1.807, 2.05) is 43.4 Å². The van der Waals surface area contributed by atoms with Crippen molar-refractivity contribution in [1.82, 2.24) is 0 Å². The van der Waals surface area contributed by atoms with Gasteiger partial charge in [0.2, 0.25) is 5.91 Å². The highest BCUT2D eigenvalue weighted by Gasteiger charge is 2.12. The van der Waals surface area contributed by atoms with Gasteiger partial charge in [0.25, 0.3) is 0 Å². The van der Waals surface area contributed by atoms with Crippen LogP contribution in [0.25, 0.3) is 0 Å². The average Bonchev–Trinajstić information content (AvgIpc) is 2.42. The van der Waals surface area contributed by atoms with Gasteiger partial charge in [-0.15, -0.1) is 0 Å². The first-order valence-corrected chi connectivity index (χ1v) is 6.45. The minimum atomic E-state index is 0.109. The summed E-state index contributed by atoms with van der Waals surface area (Å²) < 4.78 is 0. The van der Waals surface area contributed by atoms with E-state index in [1.165, 1.54) is 11.1 Å². The molecule has 0 radical (unpaired) electrons. The van der Waals surface area contributed by atoms with E-state index in [0.29, 0.717) is 6.42 Å². The van der Waals surface area contributed by atoms with E-state index < -0.39 is 0 Å². The number of carbonyl (C=O) groups excluding carboxylic acids is 1. The molecule has 2 nitrogen and oxygen atoms in total. The van der Waals surface area contributed by atoms with Crippen LogP contribution in [0, 0.1) is 13.8 Å². The van der Waals surface area contributed by atoms with E-state index >= 15 is 0 Å². The fourth-order valence-electron chi connectivity index (χ4n) is 2.12. The molecular weight excluding hydrogens is 234 g/mol. The van der Waals surface area contributed by atoms with E-state index in [-0.39, 0.29) is 5.91 Å². The first-order valence-electron chi connectivity index (χ1n) is 6.45. The van der Waals surface area contributed by atoms with Crippen molar-refractivity contribution >= 4 is 11.6 Å². The first kappa shape index (κ1) is 13.3. The lowest BCUT2D eigenvalue weighted by Gasteiger charge is -2.18. The third-order valence-electron chi connectivity index (χ3n) is 3.36. The summed E-state index contributed by atoms with van der Waals surface area (Å²) >= 11 is 0. The average molecular weight is 253 g/mol. The molecule has 2 aromatic carbocycles. The summed E-state index contributed by atoms with van der Waals surface area (Å²) in [5, 5.41) is 0. The molecule has 0 saturated heterocycles. The molecule has 0 aliphatic heterocycles. The third-order valence-corrected chi connectivity index (χ3v) is 3.36. The van der Waals surface area contributed by atoms with Gasteiger partial charge in [0.05, 0.1) is 6.42 Å². The van der Waals surface area contributed by atoms with Gasteiger partial charge in [-0.2, -0.15) is 0 Å². The molecule has 2 heteroatoms. The molecule has 2 rings (SSSR count). The van der Waals surface area contributed by atoms with Gasteiger partial charge in [-0.05, 0) is 37.1 Å². The Kier molecular flexibility index (Phi) is 4.00. The number of hydrogen-bond donors (Lipinski definition) is 0. The predicted octanol–water partition coefficient (Wildman–Crippen LogP) is 3.51. The Bertz CT molecular complexity index is 575. The molecule has 0 bridgehead atoms. The van der Waals surface area contributed by atoms with Crippen LogP contribution in [0.5, 0.6) is 0 Å². The van der Waals surface area contributed by atoms with Crippen LogP contribution in [0.4, 0.5) is 5.69 Å². The third kappa shape index (κ3) is 3.22. The number of aryl methyl sites for hydroxylation is 2. The van der Waals surface area contributed by atoms with Crippen molar-refractivity contribution in [3.05, 3.63) is 65.2 Å². The smallest absolute Gasteiger partial charge is 0.231 e. The molecular formula is C17H19NO. The number of para-hydroxylation sites is 1. The molecule has 0 spiro atoms. The Morgan fingerprint density at radius 1 is 1.05 bits per heavy atom. The van der Waals surface area contributed by atoms with Gasteiger partial charge < -0.3 is 4.90 Å². The molecule has 0 atom stereocenters. The molecule has 0 saturated carbocycles. The van der Waals surface area contributed by atoms with E-state index in [2.05, 4.69) is 26.0 Å². The molecule has 0 heterocycles. The number of amides is 1. The van der Waals surface area contributed by atoms with Crippen molar-refractivity contribution < 1.29 is 4.79 Å². The molecule has 0 aliphatic rings. The van der Waals surface area contributed by atoms with E-state index in [0.717, 1.165) is 11.3 Å². The van der Waals surface area contributed by atoms with Gasteiger partial charge in [-0.1, -0.05) is 42.0 Å². The number of nitrogens with zero attached hydrogens (tertiary/aromatic N) is 1. The zero-order chi connectivity index (χ0) is 13.8. The normalized spacial score (nSPS) is 10.3. The minimum absolute atomic E-state index is 0.109. The number of hydrogen-bond acceptors (Lipinski definition) is 1. The van der Waals surface area contributed by atoms with E-state index in [9.17, 15) is 4.79 Å². The Hall–Kier alpha value is -2.09. The summed E-state index contributed by atoms with van der Waals surface area (Å²) in [4.78, 5) is 14.0. The maximum absolute atomic E-state index is 12.3. The Labute approximate surface area is 114 Å². The van der Waals surface area contributed by atoms with Gasteiger partial charge in [-0.25, -0.2) is 0 Å². The van der Waals surface area contributed by atoms with Gasteiger partial charge in [-0.3, -0.25) is 4.79 Å². The summed E-state index contributed by atoms with van der Waals surface area (Å²) in [6.45, 7) is 4.12. The van der Waals surface area contributed by atoms with Crippen LogP contribution in [0.2, 0.25) is 0 Å². The Balaban J connectivity index is 2.13.